The van der Waals surface area contributed by atoms with Crippen molar-refractivity contribution < 1.29 is 9.47 Å². The molecule has 0 saturated carbocycles. The summed E-state index contributed by atoms with van der Waals surface area (Å²) in [7, 11) is 3.27. The van der Waals surface area contributed by atoms with E-state index in [1.165, 1.54) is 11.1 Å². The van der Waals surface area contributed by atoms with Crippen LogP contribution in [0.2, 0.25) is 0 Å². The highest BCUT2D eigenvalue weighted by Crippen LogP contribution is 2.37. The lowest BCUT2D eigenvalue weighted by molar-refractivity contribution is -0.110. The molecule has 20 heavy (non-hydrogen) atoms. The minimum atomic E-state index is -0.393. The molecule has 2 aromatic rings. The predicted molar refractivity (Wildman–Crippen MR) is 76.3 cm³/mol. The summed E-state index contributed by atoms with van der Waals surface area (Å²) in [6.07, 6.45) is 5.33. The lowest BCUT2D eigenvalue weighted by Gasteiger charge is -2.21. The smallest absolute Gasteiger partial charge is 0.200 e. The van der Waals surface area contributed by atoms with Crippen LogP contribution < -0.4 is 5.73 Å². The van der Waals surface area contributed by atoms with Crippen molar-refractivity contribution in [1.82, 2.24) is 9.55 Å². The number of hydrogen-bond donors (Lipinski definition) is 1. The minimum Gasteiger partial charge on any atom is -0.399 e. The van der Waals surface area contributed by atoms with Crippen molar-refractivity contribution in [2.75, 3.05) is 20.0 Å². The van der Waals surface area contributed by atoms with Gasteiger partial charge in [0, 0.05) is 19.9 Å². The fourth-order valence-corrected chi connectivity index (χ4v) is 3.00. The molecule has 5 nitrogen and oxygen atoms in total. The molecule has 0 spiro atoms. The van der Waals surface area contributed by atoms with E-state index in [4.69, 9.17) is 15.2 Å². The molecule has 0 amide bonds. The molecule has 1 unspecified atom stereocenters. The Morgan fingerprint density at radius 3 is 2.90 bits per heavy atom. The molecule has 0 saturated heterocycles. The number of imidazole rings is 1. The molecule has 0 radical (unpaired) electrons. The molecule has 1 atom stereocenters. The van der Waals surface area contributed by atoms with E-state index in [-0.39, 0.29) is 6.04 Å². The molecule has 5 heteroatoms. The second-order valence-corrected chi connectivity index (χ2v) is 5.04. The molecule has 0 aliphatic heterocycles. The predicted octanol–water partition coefficient (Wildman–Crippen LogP) is 2.29. The Kier molecular flexibility index (Phi) is 3.46. The van der Waals surface area contributed by atoms with Gasteiger partial charge in [-0.3, -0.25) is 0 Å². The number of nitrogens with zero attached hydrogens (tertiary/aromatic N) is 2. The molecule has 1 aromatic heterocycles. The monoisotopic (exact) mass is 273 g/mol. The molecule has 106 valence electrons. The number of hydrogen-bond acceptors (Lipinski definition) is 4. The summed E-state index contributed by atoms with van der Waals surface area (Å²) >= 11 is 0. The molecule has 1 heterocycles. The highest BCUT2D eigenvalue weighted by molar-refractivity contribution is 5.48. The van der Waals surface area contributed by atoms with Gasteiger partial charge in [0.2, 0.25) is 0 Å². The third-order valence-electron chi connectivity index (χ3n) is 3.91. The Hall–Kier alpha value is -1.85. The topological polar surface area (TPSA) is 62.3 Å². The Labute approximate surface area is 118 Å². The molecular formula is C15H19N3O2. The third kappa shape index (κ3) is 2.09. The molecular weight excluding hydrogens is 254 g/mol. The van der Waals surface area contributed by atoms with Crippen molar-refractivity contribution in [1.29, 1.82) is 0 Å². The molecule has 1 aliphatic rings. The van der Waals surface area contributed by atoms with E-state index in [2.05, 4.69) is 21.7 Å². The van der Waals surface area contributed by atoms with Crippen LogP contribution in [-0.2, 0) is 15.9 Å². The van der Waals surface area contributed by atoms with Crippen LogP contribution in [0.5, 0.6) is 0 Å². The molecule has 2 N–H and O–H groups in total. The van der Waals surface area contributed by atoms with Crippen LogP contribution in [0.15, 0.2) is 30.7 Å². The van der Waals surface area contributed by atoms with Crippen LogP contribution in [0.25, 0.3) is 0 Å². The van der Waals surface area contributed by atoms with Crippen LogP contribution in [0, 0.1) is 0 Å². The van der Waals surface area contributed by atoms with Gasteiger partial charge >= 0.3 is 0 Å². The highest BCUT2D eigenvalue weighted by atomic mass is 16.7. The van der Waals surface area contributed by atoms with Crippen molar-refractivity contribution in [2.24, 2.45) is 0 Å². The standard InChI is InChI=1S/C15H19N3O2/c1-19-15(20-2)14-8-17-9-18(14)13-6-3-10-7-11(16)4-5-12(10)13/h4-5,7-9,13,15H,3,6,16H2,1-2H3. The van der Waals surface area contributed by atoms with Gasteiger partial charge < -0.3 is 19.8 Å². The zero-order valence-corrected chi connectivity index (χ0v) is 11.7. The Balaban J connectivity index is 1.99. The van der Waals surface area contributed by atoms with Gasteiger partial charge in [0.05, 0.1) is 24.3 Å². The second kappa shape index (κ2) is 5.26. The van der Waals surface area contributed by atoms with E-state index in [0.717, 1.165) is 24.2 Å². The second-order valence-electron chi connectivity index (χ2n) is 5.04. The molecule has 3 rings (SSSR count). The van der Waals surface area contributed by atoms with Gasteiger partial charge in [0.1, 0.15) is 0 Å². The quantitative estimate of drug-likeness (QED) is 0.686. The maximum Gasteiger partial charge on any atom is 0.200 e. The van der Waals surface area contributed by atoms with Crippen LogP contribution in [0.4, 0.5) is 5.69 Å². The summed E-state index contributed by atoms with van der Waals surface area (Å²) in [6.45, 7) is 0. The lowest BCUT2D eigenvalue weighted by Crippen LogP contribution is -2.15. The molecule has 1 aliphatic carbocycles. The summed E-state index contributed by atoms with van der Waals surface area (Å²) in [5.41, 5.74) is 10.2. The Morgan fingerprint density at radius 1 is 1.35 bits per heavy atom. The fraction of sp³-hybridized carbons (Fsp3) is 0.400. The number of anilines is 1. The van der Waals surface area contributed by atoms with E-state index in [1.54, 1.807) is 20.4 Å². The molecule has 0 bridgehead atoms. The Bertz CT molecular complexity index is 605. The largest absolute Gasteiger partial charge is 0.399 e. The van der Waals surface area contributed by atoms with Crippen LogP contribution in [0.1, 0.15) is 35.6 Å². The van der Waals surface area contributed by atoms with E-state index in [0.29, 0.717) is 0 Å². The first-order valence-corrected chi connectivity index (χ1v) is 6.70. The van der Waals surface area contributed by atoms with Gasteiger partial charge in [0.15, 0.2) is 6.29 Å². The van der Waals surface area contributed by atoms with Crippen molar-refractivity contribution >= 4 is 5.69 Å². The number of nitrogen functional groups attached to an aromatic ring is 1. The van der Waals surface area contributed by atoms with Gasteiger partial charge in [0.25, 0.3) is 0 Å². The van der Waals surface area contributed by atoms with Crippen molar-refractivity contribution in [2.45, 2.75) is 25.2 Å². The fourth-order valence-electron chi connectivity index (χ4n) is 3.00. The number of nitrogens with two attached hydrogens (primary N) is 1. The average Bonchev–Trinajstić information content (AvgIpc) is 3.06. The number of methoxy groups -OCH3 is 2. The summed E-state index contributed by atoms with van der Waals surface area (Å²) in [4.78, 5) is 4.25. The third-order valence-corrected chi connectivity index (χ3v) is 3.91. The maximum atomic E-state index is 5.86. The SMILES string of the molecule is COC(OC)c1cncn1C1CCc2cc(N)ccc21. The van der Waals surface area contributed by atoms with E-state index < -0.39 is 6.29 Å². The number of rotatable bonds is 4. The highest BCUT2D eigenvalue weighted by Gasteiger charge is 2.27. The molecule has 0 fully saturated rings. The summed E-state index contributed by atoms with van der Waals surface area (Å²) in [5.74, 6) is 0. The van der Waals surface area contributed by atoms with Crippen LogP contribution >= 0.6 is 0 Å². The normalized spacial score (nSPS) is 17.6. The molecule has 1 aromatic carbocycles. The zero-order chi connectivity index (χ0) is 14.1. The van der Waals surface area contributed by atoms with Gasteiger partial charge in [-0.2, -0.15) is 0 Å². The summed E-state index contributed by atoms with van der Waals surface area (Å²) in [6, 6.07) is 6.41. The van der Waals surface area contributed by atoms with E-state index in [1.807, 2.05) is 12.4 Å². The van der Waals surface area contributed by atoms with Gasteiger partial charge in [-0.15, -0.1) is 0 Å². The van der Waals surface area contributed by atoms with Crippen molar-refractivity contribution in [3.05, 3.63) is 47.5 Å². The van der Waals surface area contributed by atoms with Gasteiger partial charge in [-0.25, -0.2) is 4.98 Å². The van der Waals surface area contributed by atoms with Crippen LogP contribution in [-0.4, -0.2) is 23.8 Å². The maximum absolute atomic E-state index is 5.86. The van der Waals surface area contributed by atoms with Gasteiger partial charge in [-0.1, -0.05) is 6.07 Å². The minimum absolute atomic E-state index is 0.274. The first kappa shape index (κ1) is 13.1. The number of benzene rings is 1. The number of aromatic nitrogens is 2. The number of ether oxygens (including phenoxy) is 2. The zero-order valence-electron chi connectivity index (χ0n) is 11.7. The first-order valence-electron chi connectivity index (χ1n) is 6.70. The van der Waals surface area contributed by atoms with Crippen molar-refractivity contribution in [3.63, 3.8) is 0 Å². The van der Waals surface area contributed by atoms with E-state index >= 15 is 0 Å². The van der Waals surface area contributed by atoms with Crippen LogP contribution in [0.3, 0.4) is 0 Å². The average molecular weight is 273 g/mol. The summed E-state index contributed by atoms with van der Waals surface area (Å²) < 4.78 is 12.8. The number of aryl methyl sites for hydroxylation is 1. The Morgan fingerprint density at radius 2 is 2.15 bits per heavy atom. The summed E-state index contributed by atoms with van der Waals surface area (Å²) in [5, 5.41) is 0. The lowest BCUT2D eigenvalue weighted by atomic mass is 10.1. The first-order chi connectivity index (χ1) is 9.74. The van der Waals surface area contributed by atoms with Crippen molar-refractivity contribution in [3.8, 4) is 0 Å². The van der Waals surface area contributed by atoms with E-state index in [9.17, 15) is 0 Å². The number of fused-ring (bicyclic) bond motifs is 1. The van der Waals surface area contributed by atoms with Gasteiger partial charge in [-0.05, 0) is 36.1 Å².